The van der Waals surface area contributed by atoms with Crippen molar-refractivity contribution < 1.29 is 30.1 Å². The van der Waals surface area contributed by atoms with Crippen LogP contribution in [0.25, 0.3) is 0 Å². The standard InChI is InChI=1S/C8H10F2N2O5S2/c1-6(13)11-7-2-4-8(5-3-7)12(18(9,14)15)19(10,16)17/h2-5,14-15H,1H3,(H,11,13). The zero-order valence-corrected chi connectivity index (χ0v) is 11.1. The van der Waals surface area contributed by atoms with E-state index in [4.69, 9.17) is 9.11 Å². The Morgan fingerprint density at radius 2 is 1.68 bits per heavy atom. The number of hydrogen-bond donors (Lipinski definition) is 3. The molecule has 1 aromatic rings. The van der Waals surface area contributed by atoms with Gasteiger partial charge in [0.05, 0.1) is 16.8 Å². The molecule has 7 nitrogen and oxygen atoms in total. The fourth-order valence-electron chi connectivity index (χ4n) is 1.24. The Hall–Kier alpha value is -1.43. The number of benzene rings is 1. The first kappa shape index (κ1) is 15.6. The molecule has 0 aliphatic carbocycles. The van der Waals surface area contributed by atoms with Crippen molar-refractivity contribution in [2.75, 3.05) is 9.03 Å². The van der Waals surface area contributed by atoms with E-state index in [2.05, 4.69) is 5.32 Å². The Balaban J connectivity index is 3.16. The molecule has 0 unspecified atom stereocenters. The SMILES string of the molecule is CC(=O)Nc1ccc(N(S(O)(O)F)S(=O)(=O)F)cc1. The van der Waals surface area contributed by atoms with Gasteiger partial charge in [0.2, 0.25) is 5.91 Å². The minimum atomic E-state index is -5.70. The van der Waals surface area contributed by atoms with E-state index >= 15 is 0 Å². The van der Waals surface area contributed by atoms with Crippen LogP contribution >= 0.6 is 11.2 Å². The van der Waals surface area contributed by atoms with Crippen molar-refractivity contribution in [3.8, 4) is 0 Å². The van der Waals surface area contributed by atoms with E-state index in [0.717, 1.165) is 24.3 Å². The molecule has 0 spiro atoms. The number of hydrogen-bond acceptors (Lipinski definition) is 5. The largest absolute Gasteiger partial charge is 0.419 e. The number of anilines is 2. The van der Waals surface area contributed by atoms with Gasteiger partial charge in [-0.25, -0.2) is 0 Å². The maximum atomic E-state index is 13.0. The topological polar surface area (TPSA) is 107 Å². The van der Waals surface area contributed by atoms with Crippen molar-refractivity contribution in [1.29, 1.82) is 0 Å². The van der Waals surface area contributed by atoms with Crippen LogP contribution in [0.2, 0.25) is 0 Å². The number of carbonyl (C=O) groups is 1. The van der Waals surface area contributed by atoms with Crippen LogP contribution in [0.5, 0.6) is 0 Å². The summed E-state index contributed by atoms with van der Waals surface area (Å²) in [7, 11) is -5.70. The zero-order chi connectivity index (χ0) is 14.8. The third kappa shape index (κ3) is 4.31. The van der Waals surface area contributed by atoms with Gasteiger partial charge >= 0.3 is 10.4 Å². The van der Waals surface area contributed by atoms with Crippen LogP contribution < -0.4 is 9.03 Å². The number of nitrogens with zero attached hydrogens (tertiary/aromatic N) is 1. The van der Waals surface area contributed by atoms with E-state index in [9.17, 15) is 21.0 Å². The number of amides is 1. The quantitative estimate of drug-likeness (QED) is 0.738. The van der Waals surface area contributed by atoms with Crippen LogP contribution in [-0.4, -0.2) is 23.4 Å². The Morgan fingerprint density at radius 1 is 1.21 bits per heavy atom. The fraction of sp³-hybridized carbons (Fsp3) is 0.125. The average molecular weight is 316 g/mol. The van der Waals surface area contributed by atoms with Crippen molar-refractivity contribution in [3.05, 3.63) is 24.3 Å². The van der Waals surface area contributed by atoms with Crippen molar-refractivity contribution in [3.63, 3.8) is 0 Å². The van der Waals surface area contributed by atoms with Crippen LogP contribution in [0.3, 0.4) is 0 Å². The molecule has 0 aliphatic rings. The number of halogens is 2. The van der Waals surface area contributed by atoms with Gasteiger partial charge in [-0.1, -0.05) is 7.77 Å². The van der Waals surface area contributed by atoms with Gasteiger partial charge < -0.3 is 5.32 Å². The summed E-state index contributed by atoms with van der Waals surface area (Å²) in [6.45, 7) is 1.23. The molecule has 0 aliphatic heterocycles. The highest BCUT2D eigenvalue weighted by Gasteiger charge is 2.35. The molecule has 0 radical (unpaired) electrons. The summed E-state index contributed by atoms with van der Waals surface area (Å²) in [6.07, 6.45) is 0. The molecule has 0 atom stereocenters. The summed E-state index contributed by atoms with van der Waals surface area (Å²) in [5, 5.41) is 2.34. The molecule has 108 valence electrons. The van der Waals surface area contributed by atoms with E-state index in [1.54, 1.807) is 0 Å². The van der Waals surface area contributed by atoms with Crippen LogP contribution in [0, 0.1) is 0 Å². The monoisotopic (exact) mass is 316 g/mol. The lowest BCUT2D eigenvalue weighted by Crippen LogP contribution is -2.28. The van der Waals surface area contributed by atoms with Gasteiger partial charge in [-0.3, -0.25) is 13.9 Å². The Morgan fingerprint density at radius 3 is 2.00 bits per heavy atom. The summed E-state index contributed by atoms with van der Waals surface area (Å²) in [5.41, 5.74) is -0.401. The van der Waals surface area contributed by atoms with Crippen molar-refractivity contribution >= 4 is 38.9 Å². The summed E-state index contributed by atoms with van der Waals surface area (Å²) in [4.78, 5) is 10.7. The molecule has 11 heteroatoms. The second-order valence-corrected chi connectivity index (χ2v) is 6.04. The lowest BCUT2D eigenvalue weighted by molar-refractivity contribution is -0.114. The lowest BCUT2D eigenvalue weighted by atomic mass is 10.3. The Kier molecular flexibility index (Phi) is 4.35. The van der Waals surface area contributed by atoms with Gasteiger partial charge in [0, 0.05) is 12.6 Å². The second kappa shape index (κ2) is 5.28. The molecule has 1 amide bonds. The Labute approximate surface area is 110 Å². The maximum Gasteiger partial charge on any atom is 0.419 e. The highest BCUT2D eigenvalue weighted by atomic mass is 32.4. The predicted molar refractivity (Wildman–Crippen MR) is 67.2 cm³/mol. The van der Waals surface area contributed by atoms with Crippen molar-refractivity contribution in [2.24, 2.45) is 0 Å². The maximum absolute atomic E-state index is 13.0. The van der Waals surface area contributed by atoms with E-state index < -0.39 is 36.9 Å². The summed E-state index contributed by atoms with van der Waals surface area (Å²) in [6, 6.07) is 4.08. The minimum Gasteiger partial charge on any atom is -0.326 e. The molecule has 0 heterocycles. The molecule has 1 rings (SSSR count). The molecule has 0 saturated carbocycles. The lowest BCUT2D eigenvalue weighted by Gasteiger charge is -2.31. The van der Waals surface area contributed by atoms with Crippen LogP contribution in [0.15, 0.2) is 24.3 Å². The number of carbonyl (C=O) groups excluding carboxylic acids is 1. The number of rotatable bonds is 4. The normalized spacial score (nSPS) is 12.9. The minimum absolute atomic E-state index is 0.239. The molecular formula is C8H10F2N2O5S2. The molecule has 0 aromatic heterocycles. The predicted octanol–water partition coefficient (Wildman–Crippen LogP) is 2.22. The first-order valence-corrected chi connectivity index (χ1v) is 7.37. The molecule has 3 N–H and O–H groups in total. The third-order valence-corrected chi connectivity index (χ3v) is 4.15. The van der Waals surface area contributed by atoms with Crippen molar-refractivity contribution in [1.82, 2.24) is 0 Å². The highest BCUT2D eigenvalue weighted by Crippen LogP contribution is 2.49. The molecule has 0 saturated heterocycles. The first-order valence-electron chi connectivity index (χ1n) is 4.62. The van der Waals surface area contributed by atoms with Crippen LogP contribution in [-0.2, 0) is 15.2 Å². The van der Waals surface area contributed by atoms with E-state index in [0.29, 0.717) is 0 Å². The third-order valence-electron chi connectivity index (χ3n) is 1.81. The van der Waals surface area contributed by atoms with Gasteiger partial charge in [-0.2, -0.15) is 8.42 Å². The van der Waals surface area contributed by atoms with E-state index in [1.807, 2.05) is 0 Å². The second-order valence-electron chi connectivity index (χ2n) is 3.35. The van der Waals surface area contributed by atoms with Gasteiger partial charge in [0.1, 0.15) is 0 Å². The molecule has 19 heavy (non-hydrogen) atoms. The van der Waals surface area contributed by atoms with E-state index in [1.165, 1.54) is 6.92 Å². The van der Waals surface area contributed by atoms with Crippen molar-refractivity contribution in [2.45, 2.75) is 6.92 Å². The average Bonchev–Trinajstić information content (AvgIpc) is 2.15. The van der Waals surface area contributed by atoms with Gasteiger partial charge in [-0.05, 0) is 24.3 Å². The van der Waals surface area contributed by atoms with E-state index in [-0.39, 0.29) is 5.69 Å². The molecule has 1 aromatic carbocycles. The van der Waals surface area contributed by atoms with Gasteiger partial charge in [0.15, 0.2) is 0 Å². The van der Waals surface area contributed by atoms with Gasteiger partial charge in [-0.15, -0.1) is 3.71 Å². The number of nitrogens with one attached hydrogen (secondary N) is 1. The Bertz CT molecular complexity index is 570. The summed E-state index contributed by atoms with van der Waals surface area (Å²) < 4.78 is 63.8. The van der Waals surface area contributed by atoms with Crippen LogP contribution in [0.1, 0.15) is 6.92 Å². The fourth-order valence-corrected chi connectivity index (χ4v) is 2.91. The molecular weight excluding hydrogens is 306 g/mol. The zero-order valence-electron chi connectivity index (χ0n) is 9.45. The first-order chi connectivity index (χ1) is 8.51. The molecule has 0 bridgehead atoms. The highest BCUT2D eigenvalue weighted by molar-refractivity contribution is 8.28. The summed E-state index contributed by atoms with van der Waals surface area (Å²) in [5.74, 6) is -0.405. The summed E-state index contributed by atoms with van der Waals surface area (Å²) >= 11 is -5.33. The smallest absolute Gasteiger partial charge is 0.326 e. The molecule has 0 fully saturated rings. The van der Waals surface area contributed by atoms with Crippen LogP contribution in [0.4, 0.5) is 19.1 Å². The van der Waals surface area contributed by atoms with Gasteiger partial charge in [0.25, 0.3) is 0 Å².